The number of nitrogens with zero attached hydrogens (tertiary/aromatic N) is 1. The molecule has 0 atom stereocenters. The number of carbonyl (C=O) groups excluding carboxylic acids is 1. The predicted octanol–water partition coefficient (Wildman–Crippen LogP) is 1.02. The highest BCUT2D eigenvalue weighted by Crippen LogP contribution is 2.21. The van der Waals surface area contributed by atoms with Crippen molar-refractivity contribution in [3.63, 3.8) is 0 Å². The van der Waals surface area contributed by atoms with E-state index in [1.807, 2.05) is 0 Å². The summed E-state index contributed by atoms with van der Waals surface area (Å²) in [6.45, 7) is -1.35. The van der Waals surface area contributed by atoms with E-state index in [1.165, 1.54) is 12.3 Å². The smallest absolute Gasteiger partial charge is 0.324 e. The van der Waals surface area contributed by atoms with E-state index in [0.29, 0.717) is 5.56 Å². The Morgan fingerprint density at radius 3 is 2.75 bits per heavy atom. The molecule has 0 saturated carbocycles. The highest BCUT2D eigenvalue weighted by molar-refractivity contribution is 5.94. The zero-order valence-electron chi connectivity index (χ0n) is 10.2. The molecule has 0 spiro atoms. The first-order valence-corrected chi connectivity index (χ1v) is 5.45. The van der Waals surface area contributed by atoms with Gasteiger partial charge in [-0.3, -0.25) is 9.78 Å². The molecule has 0 aliphatic carbocycles. The van der Waals surface area contributed by atoms with Crippen molar-refractivity contribution in [3.8, 4) is 11.8 Å². The summed E-state index contributed by atoms with van der Waals surface area (Å²) in [5.74, 6) is -0.0803. The average molecular weight is 289 g/mol. The van der Waals surface area contributed by atoms with Crippen LogP contribution in [-0.4, -0.2) is 36.3 Å². The zero-order chi connectivity index (χ0) is 15.2. The van der Waals surface area contributed by atoms with E-state index < -0.39 is 24.8 Å². The van der Waals surface area contributed by atoms with Crippen molar-refractivity contribution in [1.82, 2.24) is 10.3 Å². The number of hydrogen-bond acceptors (Lipinski definition) is 3. The normalized spacial score (nSPS) is 10.9. The SMILES string of the molecule is NCC#Cc1cncc(C(=O)NCC(F)(F)C(F)F)c1. The lowest BCUT2D eigenvalue weighted by molar-refractivity contribution is -0.123. The monoisotopic (exact) mass is 289 g/mol. The molecule has 108 valence electrons. The first-order chi connectivity index (χ1) is 9.36. The number of rotatable bonds is 4. The highest BCUT2D eigenvalue weighted by Gasteiger charge is 2.40. The number of amides is 1. The van der Waals surface area contributed by atoms with Crippen LogP contribution in [0.2, 0.25) is 0 Å². The molecule has 0 unspecified atom stereocenters. The van der Waals surface area contributed by atoms with Gasteiger partial charge in [0.25, 0.3) is 5.91 Å². The Bertz CT molecular complexity index is 537. The third-order valence-electron chi connectivity index (χ3n) is 2.14. The Morgan fingerprint density at radius 2 is 2.15 bits per heavy atom. The van der Waals surface area contributed by atoms with Gasteiger partial charge in [-0.1, -0.05) is 11.8 Å². The topological polar surface area (TPSA) is 68.0 Å². The van der Waals surface area contributed by atoms with Gasteiger partial charge in [-0.05, 0) is 6.07 Å². The van der Waals surface area contributed by atoms with Gasteiger partial charge in [0.05, 0.1) is 18.7 Å². The lowest BCUT2D eigenvalue weighted by Crippen LogP contribution is -2.41. The Hall–Kier alpha value is -2.14. The summed E-state index contributed by atoms with van der Waals surface area (Å²) in [6, 6.07) is 1.30. The molecule has 0 fully saturated rings. The molecule has 8 heteroatoms. The fraction of sp³-hybridized carbons (Fsp3) is 0.333. The van der Waals surface area contributed by atoms with Crippen molar-refractivity contribution < 1.29 is 22.4 Å². The van der Waals surface area contributed by atoms with Crippen molar-refractivity contribution in [3.05, 3.63) is 29.6 Å². The third-order valence-corrected chi connectivity index (χ3v) is 2.14. The summed E-state index contributed by atoms with van der Waals surface area (Å²) in [5.41, 5.74) is 5.48. The zero-order valence-corrected chi connectivity index (χ0v) is 10.2. The first-order valence-electron chi connectivity index (χ1n) is 5.45. The second kappa shape index (κ2) is 6.86. The van der Waals surface area contributed by atoms with Gasteiger partial charge in [0.15, 0.2) is 0 Å². The molecular weight excluding hydrogens is 278 g/mol. The summed E-state index contributed by atoms with van der Waals surface area (Å²) in [7, 11) is 0. The first kappa shape index (κ1) is 15.9. The second-order valence-electron chi connectivity index (χ2n) is 3.71. The molecule has 3 N–H and O–H groups in total. The fourth-order valence-electron chi connectivity index (χ4n) is 1.16. The van der Waals surface area contributed by atoms with Gasteiger partial charge >= 0.3 is 12.3 Å². The maximum Gasteiger partial charge on any atom is 0.324 e. The van der Waals surface area contributed by atoms with Gasteiger partial charge in [-0.2, -0.15) is 8.78 Å². The van der Waals surface area contributed by atoms with Crippen LogP contribution in [0.1, 0.15) is 15.9 Å². The van der Waals surface area contributed by atoms with Crippen LogP contribution in [0.3, 0.4) is 0 Å². The van der Waals surface area contributed by atoms with Crippen LogP contribution in [0, 0.1) is 11.8 Å². The molecule has 1 heterocycles. The predicted molar refractivity (Wildman–Crippen MR) is 63.5 cm³/mol. The maximum atomic E-state index is 12.7. The van der Waals surface area contributed by atoms with Crippen molar-refractivity contribution in [2.75, 3.05) is 13.1 Å². The van der Waals surface area contributed by atoms with E-state index >= 15 is 0 Å². The molecule has 0 aliphatic rings. The fourth-order valence-corrected chi connectivity index (χ4v) is 1.16. The van der Waals surface area contributed by atoms with Gasteiger partial charge in [0, 0.05) is 18.0 Å². The average Bonchev–Trinajstić information content (AvgIpc) is 2.42. The lowest BCUT2D eigenvalue weighted by Gasteiger charge is -2.15. The standard InChI is InChI=1S/C12H11F4N3O/c13-11(14)12(15,16)7-19-10(20)9-4-8(2-1-3-17)5-18-6-9/h4-6,11H,3,7,17H2,(H,19,20). The van der Waals surface area contributed by atoms with Crippen LogP contribution in [0.25, 0.3) is 0 Å². The third kappa shape index (κ3) is 4.51. The van der Waals surface area contributed by atoms with Gasteiger partial charge < -0.3 is 11.1 Å². The van der Waals surface area contributed by atoms with Gasteiger partial charge in [0.2, 0.25) is 0 Å². The molecular formula is C12H11F4N3O. The number of aromatic nitrogens is 1. The van der Waals surface area contributed by atoms with Crippen molar-refractivity contribution in [2.45, 2.75) is 12.3 Å². The minimum atomic E-state index is -4.28. The van der Waals surface area contributed by atoms with Crippen molar-refractivity contribution >= 4 is 5.91 Å². The number of nitrogens with one attached hydrogen (secondary N) is 1. The number of hydrogen-bond donors (Lipinski definition) is 2. The number of pyridine rings is 1. The van der Waals surface area contributed by atoms with E-state index in [-0.39, 0.29) is 12.1 Å². The van der Waals surface area contributed by atoms with E-state index in [2.05, 4.69) is 16.8 Å². The molecule has 0 aliphatic heterocycles. The van der Waals surface area contributed by atoms with Crippen molar-refractivity contribution in [1.29, 1.82) is 0 Å². The minimum absolute atomic E-state index is 0.0566. The molecule has 0 aromatic carbocycles. The number of alkyl halides is 4. The summed E-state index contributed by atoms with van der Waals surface area (Å²) in [6.07, 6.45) is -1.38. The summed E-state index contributed by atoms with van der Waals surface area (Å²) in [5, 5.41) is 1.72. The van der Waals surface area contributed by atoms with Crippen LogP contribution in [0.5, 0.6) is 0 Å². The molecule has 1 amide bonds. The second-order valence-corrected chi connectivity index (χ2v) is 3.71. The molecule has 1 aromatic rings. The van der Waals surface area contributed by atoms with Crippen molar-refractivity contribution in [2.24, 2.45) is 5.73 Å². The molecule has 1 aromatic heterocycles. The molecule has 0 bridgehead atoms. The van der Waals surface area contributed by atoms with Crippen LogP contribution in [0.15, 0.2) is 18.5 Å². The number of carbonyl (C=O) groups is 1. The summed E-state index contributed by atoms with van der Waals surface area (Å²) in [4.78, 5) is 15.2. The van der Waals surface area contributed by atoms with Gasteiger partial charge in [-0.25, -0.2) is 8.78 Å². The molecule has 0 saturated heterocycles. The van der Waals surface area contributed by atoms with E-state index in [4.69, 9.17) is 5.73 Å². The quantitative estimate of drug-likeness (QED) is 0.642. The highest BCUT2D eigenvalue weighted by atomic mass is 19.3. The van der Waals surface area contributed by atoms with E-state index in [9.17, 15) is 22.4 Å². The van der Waals surface area contributed by atoms with Crippen LogP contribution < -0.4 is 11.1 Å². The largest absolute Gasteiger partial charge is 0.346 e. The van der Waals surface area contributed by atoms with Crippen LogP contribution >= 0.6 is 0 Å². The Kier molecular flexibility index (Phi) is 5.46. The Labute approximate surface area is 112 Å². The van der Waals surface area contributed by atoms with E-state index in [0.717, 1.165) is 6.20 Å². The maximum absolute atomic E-state index is 12.7. The van der Waals surface area contributed by atoms with Crippen LogP contribution in [0.4, 0.5) is 17.6 Å². The summed E-state index contributed by atoms with van der Waals surface area (Å²) < 4.78 is 49.2. The van der Waals surface area contributed by atoms with Crippen LogP contribution in [-0.2, 0) is 0 Å². The number of nitrogens with two attached hydrogens (primary N) is 1. The number of halogens is 4. The van der Waals surface area contributed by atoms with Gasteiger partial charge in [0.1, 0.15) is 0 Å². The summed E-state index contributed by atoms with van der Waals surface area (Å²) >= 11 is 0. The molecule has 4 nitrogen and oxygen atoms in total. The Morgan fingerprint density at radius 1 is 1.45 bits per heavy atom. The molecule has 1 rings (SSSR count). The molecule has 20 heavy (non-hydrogen) atoms. The lowest BCUT2D eigenvalue weighted by atomic mass is 10.2. The minimum Gasteiger partial charge on any atom is -0.346 e. The molecule has 0 radical (unpaired) electrons. The van der Waals surface area contributed by atoms with E-state index in [1.54, 1.807) is 5.32 Å². The Balaban J connectivity index is 2.73. The van der Waals surface area contributed by atoms with Gasteiger partial charge in [-0.15, -0.1) is 0 Å².